The highest BCUT2D eigenvalue weighted by atomic mass is 16.5. The van der Waals surface area contributed by atoms with E-state index >= 15 is 0 Å². The van der Waals surface area contributed by atoms with Gasteiger partial charge in [-0.25, -0.2) is 4.98 Å². The van der Waals surface area contributed by atoms with Gasteiger partial charge in [-0.3, -0.25) is 4.57 Å². The van der Waals surface area contributed by atoms with Crippen LogP contribution in [0.25, 0.3) is 82.9 Å². The fraction of sp³-hybridized carbons (Fsp3) is 0.189. The predicted octanol–water partition coefficient (Wildman–Crippen LogP) is 20.2. The van der Waals surface area contributed by atoms with Crippen molar-refractivity contribution in [2.24, 2.45) is 5.41 Å². The van der Waals surface area contributed by atoms with Gasteiger partial charge in [-0.2, -0.15) is 5.26 Å². The Labute approximate surface area is 479 Å². The number of pyridine rings is 1. The first kappa shape index (κ1) is 47.6. The summed E-state index contributed by atoms with van der Waals surface area (Å²) in [6.07, 6.45) is -1.95. The molecule has 0 saturated carbocycles. The first-order chi connectivity index (χ1) is 40.2. The lowest BCUT2D eigenvalue weighted by atomic mass is 9.82. The third-order valence-electron chi connectivity index (χ3n) is 15.6. The molecular formula is C74H65N5O2. The molecule has 0 fully saturated rings. The Bertz CT molecular complexity index is 4550. The molecular weight excluding hydrogens is 991 g/mol. The zero-order chi connectivity index (χ0) is 58.6. The van der Waals surface area contributed by atoms with Crippen molar-refractivity contribution < 1.29 is 13.3 Å². The highest BCUT2D eigenvalue weighted by Crippen LogP contribution is 2.52. The number of anilines is 4. The van der Waals surface area contributed by atoms with Crippen LogP contribution in [0.4, 0.5) is 22.7 Å². The number of aromatic nitrogens is 2. The average molecular weight is 1060 g/mol. The van der Waals surface area contributed by atoms with E-state index < -0.39 is 11.8 Å². The van der Waals surface area contributed by atoms with Gasteiger partial charge in [0, 0.05) is 59.6 Å². The summed E-state index contributed by atoms with van der Waals surface area (Å²) in [5, 5.41) is 13.4. The van der Waals surface area contributed by atoms with Crippen molar-refractivity contribution in [1.29, 1.82) is 5.26 Å². The molecule has 0 amide bonds. The summed E-state index contributed by atoms with van der Waals surface area (Å²) in [5.74, 6) is 1.57. The third kappa shape index (κ3) is 9.25. The summed E-state index contributed by atoms with van der Waals surface area (Å²) in [5.41, 5.74) is 14.9. The molecule has 7 heteroatoms. The van der Waals surface area contributed by atoms with Crippen LogP contribution in [-0.4, -0.2) is 16.2 Å². The molecule has 12 aromatic rings. The maximum Gasteiger partial charge on any atom is 0.145 e. The summed E-state index contributed by atoms with van der Waals surface area (Å²) >= 11 is 0. The fourth-order valence-electron chi connectivity index (χ4n) is 11.7. The number of rotatable bonds is 9. The highest BCUT2D eigenvalue weighted by molar-refractivity contribution is 6.24. The Kier molecular flexibility index (Phi) is 11.4. The molecule has 0 radical (unpaired) electrons. The van der Waals surface area contributed by atoms with Crippen LogP contribution < -0.4 is 14.5 Å². The van der Waals surface area contributed by atoms with Crippen molar-refractivity contribution in [2.75, 3.05) is 16.5 Å². The smallest absolute Gasteiger partial charge is 0.145 e. The Morgan fingerprint density at radius 1 is 0.568 bits per heavy atom. The van der Waals surface area contributed by atoms with Crippen molar-refractivity contribution in [3.8, 4) is 56.8 Å². The molecule has 7 nitrogen and oxygen atoms in total. The van der Waals surface area contributed by atoms with Gasteiger partial charge in [0.15, 0.2) is 0 Å². The lowest BCUT2D eigenvalue weighted by Gasteiger charge is -2.30. The molecule has 398 valence electrons. The molecule has 0 saturated heterocycles. The van der Waals surface area contributed by atoms with Crippen LogP contribution >= 0.6 is 0 Å². The quantitative estimate of drug-likeness (QED) is 0.143. The molecule has 1 aliphatic rings. The number of ether oxygens (including phenoxy) is 1. The second-order valence-electron chi connectivity index (χ2n) is 24.4. The minimum Gasteiger partial charge on any atom is -0.457 e. The van der Waals surface area contributed by atoms with E-state index in [0.717, 1.165) is 83.2 Å². The Morgan fingerprint density at radius 3 is 1.84 bits per heavy atom. The van der Waals surface area contributed by atoms with Crippen molar-refractivity contribution in [3.05, 3.63) is 229 Å². The zero-order valence-electron chi connectivity index (χ0n) is 50.3. The number of hydrogen-bond donors (Lipinski definition) is 0. The Morgan fingerprint density at radius 2 is 1.19 bits per heavy atom. The minimum absolute atomic E-state index is 0.0432. The second kappa shape index (κ2) is 19.5. The van der Waals surface area contributed by atoms with E-state index in [1.54, 1.807) is 6.07 Å². The lowest BCUT2D eigenvalue weighted by Crippen LogP contribution is -2.25. The summed E-state index contributed by atoms with van der Waals surface area (Å²) < 4.78 is 45.1. The molecule has 0 aliphatic carbocycles. The minimum atomic E-state index is -1.91. The van der Waals surface area contributed by atoms with Crippen LogP contribution in [0.3, 0.4) is 0 Å². The van der Waals surface area contributed by atoms with E-state index in [0.29, 0.717) is 57.4 Å². The van der Waals surface area contributed by atoms with Crippen LogP contribution in [0.5, 0.6) is 11.5 Å². The maximum absolute atomic E-state index is 10.3. The molecule has 9 aromatic carbocycles. The molecule has 3 aromatic heterocycles. The summed E-state index contributed by atoms with van der Waals surface area (Å²) in [6.45, 7) is 19.5. The van der Waals surface area contributed by atoms with E-state index in [-0.39, 0.29) is 17.0 Å². The molecule has 0 atom stereocenters. The monoisotopic (exact) mass is 1060 g/mol. The molecule has 0 spiro atoms. The molecule has 1 aliphatic heterocycles. The summed E-state index contributed by atoms with van der Waals surface area (Å²) in [7, 11) is 0. The van der Waals surface area contributed by atoms with Gasteiger partial charge in [0.25, 0.3) is 0 Å². The van der Waals surface area contributed by atoms with Gasteiger partial charge in [-0.1, -0.05) is 172 Å². The van der Waals surface area contributed by atoms with Crippen molar-refractivity contribution in [1.82, 2.24) is 9.55 Å². The number of benzene rings is 9. The number of hydrogen-bond acceptors (Lipinski definition) is 6. The summed E-state index contributed by atoms with van der Waals surface area (Å²) in [4.78, 5) is 9.89. The second-order valence-corrected chi connectivity index (χ2v) is 24.4. The molecule has 0 N–H and O–H groups in total. The van der Waals surface area contributed by atoms with E-state index in [1.807, 2.05) is 98.1 Å². The van der Waals surface area contributed by atoms with Gasteiger partial charge >= 0.3 is 0 Å². The summed E-state index contributed by atoms with van der Waals surface area (Å²) in [6, 6.07) is 70.8. The topological polar surface area (TPSA) is 70.5 Å². The standard InChI is InChI=1S/C74H65N5O2/c1-72(2,3)43-51-38-67(76-45-61(51)49-30-32-52(33-31-49)73(4,5)6)79-64-37-36-58-68-50(44-75)24-18-29-66(68)81-71(58)69(64)57-35-34-56(42-65(57)79)80-55-26-19-25-54(41-55)77-46-78(63-28-17-16-27-62(63)77)70-59(47-20-12-10-13-21-47)39-53(74(7,8)9)40-60(70)48-22-14-11-15-23-48/h10-42,45H,43,46H2,1-9H3/i43D2,45D. The largest absolute Gasteiger partial charge is 0.457 e. The van der Waals surface area contributed by atoms with E-state index in [4.69, 9.17) is 14.1 Å². The molecule has 4 heterocycles. The van der Waals surface area contributed by atoms with Crippen LogP contribution in [0, 0.1) is 16.7 Å². The molecule has 0 bridgehead atoms. The van der Waals surface area contributed by atoms with E-state index in [9.17, 15) is 9.37 Å². The molecule has 81 heavy (non-hydrogen) atoms. The fourth-order valence-corrected chi connectivity index (χ4v) is 11.7. The SMILES string of the molecule is [2H]c1nc(-n2c3cc(Oc4cccc(N5CN(c6c(-c7ccccc7)cc(C(C)(C)C)cc6-c6ccccc6)c6ccccc65)c4)ccc3c3c4oc5cccc(C#N)c5c4ccc32)cc(C([2H])([2H])C(C)(C)C)c1-c1ccc(C(C)(C)C)cc1. The average Bonchev–Trinajstić information content (AvgIpc) is 1.63. The van der Waals surface area contributed by atoms with Gasteiger partial charge in [-0.05, 0) is 135 Å². The zero-order valence-corrected chi connectivity index (χ0v) is 47.3. The molecule has 13 rings (SSSR count). The Balaban J connectivity index is 0.952. The number of nitriles is 1. The first-order valence-electron chi connectivity index (χ1n) is 29.4. The van der Waals surface area contributed by atoms with Gasteiger partial charge in [0.2, 0.25) is 0 Å². The number of nitrogens with zero attached hydrogens (tertiary/aromatic N) is 5. The van der Waals surface area contributed by atoms with E-state index in [1.165, 1.54) is 5.56 Å². The van der Waals surface area contributed by atoms with Gasteiger partial charge in [0.05, 0.1) is 46.5 Å². The Hall–Kier alpha value is -9.38. The number of fused-ring (bicyclic) bond motifs is 8. The van der Waals surface area contributed by atoms with Crippen LogP contribution in [0.15, 0.2) is 211 Å². The van der Waals surface area contributed by atoms with Crippen LogP contribution in [0.1, 0.15) is 88.7 Å². The van der Waals surface area contributed by atoms with Crippen molar-refractivity contribution in [2.45, 2.75) is 79.5 Å². The number of furan rings is 1. The first-order valence-corrected chi connectivity index (χ1v) is 27.9. The van der Waals surface area contributed by atoms with Crippen molar-refractivity contribution in [3.63, 3.8) is 0 Å². The van der Waals surface area contributed by atoms with Crippen LogP contribution in [-0.2, 0) is 17.2 Å². The molecule has 0 unspecified atom stereocenters. The highest BCUT2D eigenvalue weighted by Gasteiger charge is 2.33. The normalized spacial score (nSPS) is 13.7. The van der Waals surface area contributed by atoms with Gasteiger partial charge in [-0.15, -0.1) is 0 Å². The number of para-hydroxylation sites is 2. The van der Waals surface area contributed by atoms with E-state index in [2.05, 4.69) is 179 Å². The van der Waals surface area contributed by atoms with Crippen LogP contribution in [0.2, 0.25) is 0 Å². The van der Waals surface area contributed by atoms with Crippen molar-refractivity contribution >= 4 is 66.5 Å². The lowest BCUT2D eigenvalue weighted by molar-refractivity contribution is 0.411. The van der Waals surface area contributed by atoms with Gasteiger partial charge < -0.3 is 19.0 Å². The van der Waals surface area contributed by atoms with Gasteiger partial charge in [0.1, 0.15) is 35.2 Å². The third-order valence-corrected chi connectivity index (χ3v) is 15.6. The maximum atomic E-state index is 10.3. The predicted molar refractivity (Wildman–Crippen MR) is 336 cm³/mol.